The second-order valence-electron chi connectivity index (χ2n) is 4.50. The minimum atomic E-state index is 0.709. The Balaban J connectivity index is 2.83. The van der Waals surface area contributed by atoms with Gasteiger partial charge in [0.15, 0.2) is 5.82 Å². The van der Waals surface area contributed by atoms with E-state index in [0.717, 1.165) is 17.7 Å². The normalized spacial score (nSPS) is 11.2. The topological polar surface area (TPSA) is 53.4 Å². The van der Waals surface area contributed by atoms with Gasteiger partial charge in [-0.25, -0.2) is 10.0 Å². The summed E-state index contributed by atoms with van der Waals surface area (Å²) in [7, 11) is 3.80. The number of nitrogens with zero attached hydrogens (tertiary/aromatic N) is 4. The van der Waals surface area contributed by atoms with Gasteiger partial charge < -0.3 is 5.43 Å². The lowest BCUT2D eigenvalue weighted by Crippen LogP contribution is -2.20. The lowest BCUT2D eigenvalue weighted by Gasteiger charge is -2.11. The lowest BCUT2D eigenvalue weighted by atomic mass is 10.2. The molecular weight excluding hydrogens is 238 g/mol. The first-order valence-electron chi connectivity index (χ1n) is 6.26. The predicted octanol–water partition coefficient (Wildman–Crippen LogP) is 2.75. The molecule has 0 aliphatic carbocycles. The van der Waals surface area contributed by atoms with Crippen LogP contribution in [0.3, 0.4) is 0 Å². The highest BCUT2D eigenvalue weighted by Gasteiger charge is 1.99. The van der Waals surface area contributed by atoms with Crippen LogP contribution in [0.4, 0.5) is 5.82 Å². The number of aliphatic imine (C=N–C) groups is 1. The van der Waals surface area contributed by atoms with Crippen molar-refractivity contribution in [2.45, 2.75) is 27.2 Å². The number of aromatic nitrogens is 2. The number of rotatable bonds is 5. The molecule has 0 spiro atoms. The maximum Gasteiger partial charge on any atom is 0.163 e. The van der Waals surface area contributed by atoms with Crippen LogP contribution in [0.1, 0.15) is 32.9 Å². The molecule has 0 atom stereocenters. The molecule has 0 saturated heterocycles. The van der Waals surface area contributed by atoms with E-state index < -0.39 is 0 Å². The zero-order chi connectivity index (χ0) is 14.3. The molecule has 1 heterocycles. The highest BCUT2D eigenvalue weighted by molar-refractivity contribution is 5.87. The first-order chi connectivity index (χ1) is 9.02. The van der Waals surface area contributed by atoms with Crippen LogP contribution in [0.25, 0.3) is 5.57 Å². The van der Waals surface area contributed by atoms with Gasteiger partial charge in [-0.15, -0.1) is 10.2 Å². The molecular formula is C14H21N5. The molecule has 0 aromatic carbocycles. The average molecular weight is 259 g/mol. The molecule has 0 amide bonds. The summed E-state index contributed by atoms with van der Waals surface area (Å²) in [6.45, 7) is 6.06. The smallest absolute Gasteiger partial charge is 0.163 e. The summed E-state index contributed by atoms with van der Waals surface area (Å²) < 4.78 is 0. The first-order valence-corrected chi connectivity index (χ1v) is 6.26. The Bertz CT molecular complexity index is 493. The SMILES string of the molecule is CC/C(C)=C/N=C=C(C)c1ccc(NN(C)C)nn1. The molecule has 102 valence electrons. The van der Waals surface area contributed by atoms with Gasteiger partial charge in [0.05, 0.1) is 5.69 Å². The van der Waals surface area contributed by atoms with Crippen molar-refractivity contribution in [1.82, 2.24) is 15.2 Å². The third kappa shape index (κ3) is 5.46. The van der Waals surface area contributed by atoms with Crippen LogP contribution >= 0.6 is 0 Å². The Morgan fingerprint density at radius 3 is 2.63 bits per heavy atom. The fraction of sp³-hybridized carbons (Fsp3) is 0.429. The third-order valence-corrected chi connectivity index (χ3v) is 2.46. The average Bonchev–Trinajstić information content (AvgIpc) is 2.38. The van der Waals surface area contributed by atoms with Gasteiger partial charge in [-0.1, -0.05) is 12.5 Å². The fourth-order valence-corrected chi connectivity index (χ4v) is 1.21. The Hall–Kier alpha value is -1.97. The first kappa shape index (κ1) is 15.1. The molecule has 19 heavy (non-hydrogen) atoms. The summed E-state index contributed by atoms with van der Waals surface area (Å²) in [5.74, 6) is 3.66. The van der Waals surface area contributed by atoms with Crippen molar-refractivity contribution < 1.29 is 0 Å². The highest BCUT2D eigenvalue weighted by atomic mass is 15.5. The van der Waals surface area contributed by atoms with Crippen molar-refractivity contribution in [2.75, 3.05) is 19.5 Å². The minimum Gasteiger partial charge on any atom is -0.302 e. The fourth-order valence-electron chi connectivity index (χ4n) is 1.21. The molecule has 0 radical (unpaired) electrons. The van der Waals surface area contributed by atoms with E-state index in [2.05, 4.69) is 33.4 Å². The van der Waals surface area contributed by atoms with Crippen molar-refractivity contribution in [2.24, 2.45) is 4.99 Å². The monoisotopic (exact) mass is 259 g/mol. The molecule has 0 fully saturated rings. The predicted molar refractivity (Wildman–Crippen MR) is 79.9 cm³/mol. The van der Waals surface area contributed by atoms with E-state index in [9.17, 15) is 0 Å². The van der Waals surface area contributed by atoms with Gasteiger partial charge in [-0.05, 0) is 38.3 Å². The molecule has 1 aromatic rings. The zero-order valence-electron chi connectivity index (χ0n) is 12.2. The van der Waals surface area contributed by atoms with E-state index in [0.29, 0.717) is 5.82 Å². The zero-order valence-corrected chi connectivity index (χ0v) is 12.2. The van der Waals surface area contributed by atoms with Crippen LogP contribution < -0.4 is 5.43 Å². The highest BCUT2D eigenvalue weighted by Crippen LogP contribution is 2.09. The van der Waals surface area contributed by atoms with Gasteiger partial charge in [0.2, 0.25) is 0 Å². The van der Waals surface area contributed by atoms with Gasteiger partial charge in [-0.2, -0.15) is 0 Å². The van der Waals surface area contributed by atoms with Gasteiger partial charge in [0.1, 0.15) is 0 Å². The standard InChI is InChI=1S/C14H21N5/c1-6-11(2)9-15-10-12(3)13-7-8-14(17-16-13)18-19(4)5/h7-9H,6H2,1-5H3,(H,17,18)/b11-9+. The Kier molecular flexibility index (Phi) is 5.93. The molecule has 0 unspecified atom stereocenters. The Morgan fingerprint density at radius 1 is 1.37 bits per heavy atom. The van der Waals surface area contributed by atoms with Crippen LogP contribution in [-0.4, -0.2) is 35.2 Å². The van der Waals surface area contributed by atoms with Crippen molar-refractivity contribution in [3.8, 4) is 0 Å². The second-order valence-corrected chi connectivity index (χ2v) is 4.50. The van der Waals surface area contributed by atoms with Crippen LogP contribution in [0, 0.1) is 0 Å². The number of hydrogen-bond donors (Lipinski definition) is 1. The third-order valence-electron chi connectivity index (χ3n) is 2.46. The molecule has 0 saturated carbocycles. The van der Waals surface area contributed by atoms with Crippen LogP contribution in [-0.2, 0) is 0 Å². The molecule has 5 heteroatoms. The molecule has 0 aliphatic rings. The quantitative estimate of drug-likeness (QED) is 0.652. The summed E-state index contributed by atoms with van der Waals surface area (Å²) in [5, 5.41) is 10.0. The molecule has 1 aromatic heterocycles. The summed E-state index contributed by atoms with van der Waals surface area (Å²) >= 11 is 0. The molecule has 0 bridgehead atoms. The maximum absolute atomic E-state index is 4.15. The van der Waals surface area contributed by atoms with E-state index in [1.165, 1.54) is 5.57 Å². The molecule has 1 rings (SSSR count). The minimum absolute atomic E-state index is 0.709. The number of allylic oxidation sites excluding steroid dienone is 2. The Morgan fingerprint density at radius 2 is 2.11 bits per heavy atom. The summed E-state index contributed by atoms with van der Waals surface area (Å²) in [6.07, 6.45) is 2.81. The summed E-state index contributed by atoms with van der Waals surface area (Å²) in [4.78, 5) is 4.15. The van der Waals surface area contributed by atoms with E-state index in [1.807, 2.05) is 51.3 Å². The van der Waals surface area contributed by atoms with Gasteiger partial charge in [0.25, 0.3) is 0 Å². The van der Waals surface area contributed by atoms with Crippen LogP contribution in [0.5, 0.6) is 0 Å². The van der Waals surface area contributed by atoms with E-state index in [4.69, 9.17) is 0 Å². The van der Waals surface area contributed by atoms with Crippen molar-refractivity contribution in [3.05, 3.63) is 29.6 Å². The summed E-state index contributed by atoms with van der Waals surface area (Å²) in [5.41, 5.74) is 5.89. The number of hydrogen-bond acceptors (Lipinski definition) is 5. The molecule has 1 N–H and O–H groups in total. The van der Waals surface area contributed by atoms with Gasteiger partial charge >= 0.3 is 0 Å². The number of hydrazine groups is 1. The van der Waals surface area contributed by atoms with Crippen molar-refractivity contribution >= 4 is 17.3 Å². The molecule has 0 aliphatic heterocycles. The second kappa shape index (κ2) is 7.46. The molecule has 5 nitrogen and oxygen atoms in total. The van der Waals surface area contributed by atoms with Crippen molar-refractivity contribution in [3.63, 3.8) is 0 Å². The van der Waals surface area contributed by atoms with E-state index >= 15 is 0 Å². The van der Waals surface area contributed by atoms with E-state index in [-0.39, 0.29) is 0 Å². The van der Waals surface area contributed by atoms with Gasteiger partial charge in [-0.3, -0.25) is 0 Å². The Labute approximate surface area is 114 Å². The van der Waals surface area contributed by atoms with Crippen LogP contribution in [0.15, 0.2) is 28.9 Å². The number of anilines is 1. The van der Waals surface area contributed by atoms with Gasteiger partial charge in [0, 0.05) is 25.9 Å². The maximum atomic E-state index is 4.15. The van der Waals surface area contributed by atoms with E-state index in [1.54, 1.807) is 0 Å². The summed E-state index contributed by atoms with van der Waals surface area (Å²) in [6, 6.07) is 3.77. The lowest BCUT2D eigenvalue weighted by molar-refractivity contribution is 0.491. The largest absolute Gasteiger partial charge is 0.302 e. The van der Waals surface area contributed by atoms with Crippen molar-refractivity contribution in [1.29, 1.82) is 0 Å². The number of nitrogens with one attached hydrogen (secondary N) is 1. The van der Waals surface area contributed by atoms with Crippen LogP contribution in [0.2, 0.25) is 0 Å².